The number of anilines is 3. The molecular weight excluding hydrogens is 519 g/mol. The molecule has 0 spiro atoms. The van der Waals surface area contributed by atoms with E-state index in [9.17, 15) is 14.0 Å². The van der Waals surface area contributed by atoms with Crippen LogP contribution in [0.2, 0.25) is 5.02 Å². The van der Waals surface area contributed by atoms with Crippen LogP contribution in [0.25, 0.3) is 0 Å². The van der Waals surface area contributed by atoms with Crippen LogP contribution in [0.1, 0.15) is 32.6 Å². The van der Waals surface area contributed by atoms with Gasteiger partial charge in [0.1, 0.15) is 11.6 Å². The van der Waals surface area contributed by atoms with Crippen molar-refractivity contribution < 1.29 is 14.0 Å². The third-order valence-corrected chi connectivity index (χ3v) is 7.73. The van der Waals surface area contributed by atoms with Gasteiger partial charge in [-0.1, -0.05) is 47.2 Å². The van der Waals surface area contributed by atoms with Crippen LogP contribution in [0.5, 0.6) is 0 Å². The standard InChI is InChI=1S/C26H22ClFN4O2S2/c1-16-25(36-26(30-16)32-23-8-4-5-13-29-23)21(33)14-22(19-6-2-3-7-20(19)28)35-15-24(34)31-18-11-9-17(27)10-12-18/h2-13,22H,14-15H2,1H3,(H,31,34)(H,29,30,32). The first-order valence-electron chi connectivity index (χ1n) is 11.0. The van der Waals surface area contributed by atoms with Crippen LogP contribution in [0.3, 0.4) is 0 Å². The monoisotopic (exact) mass is 540 g/mol. The van der Waals surface area contributed by atoms with Crippen molar-refractivity contribution in [2.45, 2.75) is 18.6 Å². The van der Waals surface area contributed by atoms with Gasteiger partial charge >= 0.3 is 0 Å². The molecule has 2 heterocycles. The third kappa shape index (κ3) is 6.90. The van der Waals surface area contributed by atoms with E-state index in [0.29, 0.717) is 37.8 Å². The first kappa shape index (κ1) is 25.8. The molecule has 2 aromatic carbocycles. The number of aryl methyl sites for hydroxylation is 1. The summed E-state index contributed by atoms with van der Waals surface area (Å²) in [5.41, 5.74) is 1.57. The first-order valence-corrected chi connectivity index (χ1v) is 13.2. The maximum atomic E-state index is 14.7. The maximum absolute atomic E-state index is 14.7. The molecule has 0 aliphatic rings. The predicted molar refractivity (Wildman–Crippen MR) is 145 cm³/mol. The lowest BCUT2D eigenvalue weighted by atomic mass is 10.1. The lowest BCUT2D eigenvalue weighted by Crippen LogP contribution is -2.16. The molecule has 2 aromatic heterocycles. The molecule has 0 saturated heterocycles. The number of hydrogen-bond donors (Lipinski definition) is 2. The Bertz CT molecular complexity index is 1350. The van der Waals surface area contributed by atoms with Gasteiger partial charge in [0.05, 0.1) is 16.3 Å². The number of carbonyl (C=O) groups is 2. The molecule has 2 N–H and O–H groups in total. The first-order chi connectivity index (χ1) is 17.4. The van der Waals surface area contributed by atoms with E-state index in [-0.39, 0.29) is 23.9 Å². The molecule has 10 heteroatoms. The molecule has 184 valence electrons. The number of aromatic nitrogens is 2. The molecule has 1 atom stereocenters. The lowest BCUT2D eigenvalue weighted by molar-refractivity contribution is -0.113. The molecule has 6 nitrogen and oxygen atoms in total. The Kier molecular flexibility index (Phi) is 8.69. The highest BCUT2D eigenvalue weighted by molar-refractivity contribution is 8.00. The molecule has 4 rings (SSSR count). The second-order valence-electron chi connectivity index (χ2n) is 7.78. The number of nitrogens with one attached hydrogen (secondary N) is 2. The maximum Gasteiger partial charge on any atom is 0.234 e. The van der Waals surface area contributed by atoms with Gasteiger partial charge in [-0.25, -0.2) is 14.4 Å². The number of rotatable bonds is 10. The van der Waals surface area contributed by atoms with Crippen LogP contribution in [0, 0.1) is 12.7 Å². The number of halogens is 2. The third-order valence-electron chi connectivity index (χ3n) is 5.12. The second kappa shape index (κ2) is 12.1. The molecular formula is C26H22ClFN4O2S2. The zero-order valence-electron chi connectivity index (χ0n) is 19.2. The highest BCUT2D eigenvalue weighted by atomic mass is 35.5. The summed E-state index contributed by atoms with van der Waals surface area (Å²) in [6.07, 6.45) is 1.68. The van der Waals surface area contributed by atoms with Crippen LogP contribution in [0.15, 0.2) is 72.9 Å². The molecule has 0 saturated carbocycles. The van der Waals surface area contributed by atoms with Crippen molar-refractivity contribution in [1.29, 1.82) is 0 Å². The molecule has 0 radical (unpaired) electrons. The fourth-order valence-corrected chi connectivity index (χ4v) is 5.53. The minimum absolute atomic E-state index is 0.0197. The minimum atomic E-state index is -0.552. The van der Waals surface area contributed by atoms with Crippen LogP contribution in [-0.2, 0) is 4.79 Å². The highest BCUT2D eigenvalue weighted by Gasteiger charge is 2.24. The number of pyridine rings is 1. The summed E-state index contributed by atoms with van der Waals surface area (Å²) < 4.78 is 14.7. The number of Topliss-reactive ketones (excluding diaryl/α,β-unsaturated/α-hetero) is 1. The second-order valence-corrected chi connectivity index (χ2v) is 10.4. The van der Waals surface area contributed by atoms with Gasteiger partial charge < -0.3 is 10.6 Å². The summed E-state index contributed by atoms with van der Waals surface area (Å²) in [5.74, 6) is -0.177. The van der Waals surface area contributed by atoms with Crippen LogP contribution >= 0.6 is 34.7 Å². The van der Waals surface area contributed by atoms with E-state index < -0.39 is 11.1 Å². The average molecular weight is 541 g/mol. The molecule has 1 unspecified atom stereocenters. The van der Waals surface area contributed by atoms with E-state index in [1.807, 2.05) is 12.1 Å². The van der Waals surface area contributed by atoms with E-state index in [1.165, 1.54) is 29.2 Å². The number of benzene rings is 2. The number of ketones is 1. The van der Waals surface area contributed by atoms with Crippen LogP contribution in [0.4, 0.5) is 21.0 Å². The Hall–Kier alpha value is -3.27. The van der Waals surface area contributed by atoms with E-state index in [1.54, 1.807) is 61.7 Å². The normalized spacial score (nSPS) is 11.6. The number of amides is 1. The summed E-state index contributed by atoms with van der Waals surface area (Å²) in [4.78, 5) is 35.0. The smallest absolute Gasteiger partial charge is 0.234 e. The summed E-state index contributed by atoms with van der Waals surface area (Å²) in [5, 5.41) is 6.45. The molecule has 0 aliphatic heterocycles. The van der Waals surface area contributed by atoms with Gasteiger partial charge in [0.2, 0.25) is 5.91 Å². The van der Waals surface area contributed by atoms with Gasteiger partial charge in [0.15, 0.2) is 10.9 Å². The van der Waals surface area contributed by atoms with Crippen molar-refractivity contribution >= 4 is 63.0 Å². The lowest BCUT2D eigenvalue weighted by Gasteiger charge is -2.17. The van der Waals surface area contributed by atoms with E-state index in [0.717, 1.165) is 0 Å². The zero-order valence-corrected chi connectivity index (χ0v) is 21.6. The number of thiazole rings is 1. The number of hydrogen-bond acceptors (Lipinski definition) is 7. The van der Waals surface area contributed by atoms with E-state index in [4.69, 9.17) is 11.6 Å². The van der Waals surface area contributed by atoms with Gasteiger partial charge in [0, 0.05) is 34.1 Å². The van der Waals surface area contributed by atoms with Gasteiger partial charge in [-0.15, -0.1) is 11.8 Å². The van der Waals surface area contributed by atoms with E-state index >= 15 is 0 Å². The number of nitrogens with zero attached hydrogens (tertiary/aromatic N) is 2. The summed E-state index contributed by atoms with van der Waals surface area (Å²) >= 11 is 8.33. The molecule has 1 amide bonds. The Morgan fingerprint density at radius 2 is 1.83 bits per heavy atom. The van der Waals surface area contributed by atoms with Gasteiger partial charge in [0.25, 0.3) is 0 Å². The number of thioether (sulfide) groups is 1. The van der Waals surface area contributed by atoms with Crippen molar-refractivity contribution in [3.05, 3.63) is 99.9 Å². The topological polar surface area (TPSA) is 84.0 Å². The van der Waals surface area contributed by atoms with Gasteiger partial charge in [-0.2, -0.15) is 0 Å². The summed E-state index contributed by atoms with van der Waals surface area (Å²) in [6, 6.07) is 18.5. The molecule has 4 aromatic rings. The minimum Gasteiger partial charge on any atom is -0.325 e. The molecule has 0 bridgehead atoms. The highest BCUT2D eigenvalue weighted by Crippen LogP contribution is 2.36. The fraction of sp³-hybridized carbons (Fsp3) is 0.154. The fourth-order valence-electron chi connectivity index (χ4n) is 3.42. The van der Waals surface area contributed by atoms with Crippen molar-refractivity contribution in [2.24, 2.45) is 0 Å². The Balaban J connectivity index is 1.47. The Labute approximate surface area is 221 Å². The zero-order chi connectivity index (χ0) is 25.5. The van der Waals surface area contributed by atoms with Crippen molar-refractivity contribution in [2.75, 3.05) is 16.4 Å². The van der Waals surface area contributed by atoms with Gasteiger partial charge in [-0.3, -0.25) is 9.59 Å². The van der Waals surface area contributed by atoms with Crippen molar-refractivity contribution in [3.63, 3.8) is 0 Å². The van der Waals surface area contributed by atoms with E-state index in [2.05, 4.69) is 20.6 Å². The summed E-state index contributed by atoms with van der Waals surface area (Å²) in [6.45, 7) is 1.76. The van der Waals surface area contributed by atoms with Crippen molar-refractivity contribution in [3.8, 4) is 0 Å². The summed E-state index contributed by atoms with van der Waals surface area (Å²) in [7, 11) is 0. The average Bonchev–Trinajstić information content (AvgIpc) is 3.24. The van der Waals surface area contributed by atoms with Crippen LogP contribution < -0.4 is 10.6 Å². The quantitative estimate of drug-likeness (QED) is 0.209. The Morgan fingerprint density at radius 1 is 1.08 bits per heavy atom. The Morgan fingerprint density at radius 3 is 2.56 bits per heavy atom. The largest absolute Gasteiger partial charge is 0.325 e. The SMILES string of the molecule is Cc1nc(Nc2ccccn2)sc1C(=O)CC(SCC(=O)Nc1ccc(Cl)cc1)c1ccccc1F. The van der Waals surface area contributed by atoms with Gasteiger partial charge in [-0.05, 0) is 49.4 Å². The molecule has 0 fully saturated rings. The van der Waals surface area contributed by atoms with Crippen LogP contribution in [-0.4, -0.2) is 27.4 Å². The molecule has 0 aliphatic carbocycles. The number of carbonyl (C=O) groups excluding carboxylic acids is 2. The van der Waals surface area contributed by atoms with Crippen molar-refractivity contribution in [1.82, 2.24) is 9.97 Å². The molecule has 36 heavy (non-hydrogen) atoms. The predicted octanol–water partition coefficient (Wildman–Crippen LogP) is 7.07.